The number of hydrogen-bond acceptors (Lipinski definition) is 4. The molecular weight excluding hydrogens is 283 g/mol. The van der Waals surface area contributed by atoms with E-state index in [0.29, 0.717) is 11.6 Å². The molecule has 1 aromatic carbocycles. The molecule has 1 amide bonds. The predicted octanol–water partition coefficient (Wildman–Crippen LogP) is 2.33. The van der Waals surface area contributed by atoms with Crippen LogP contribution in [-0.4, -0.2) is 29.0 Å². The normalized spacial score (nSPS) is 15.5. The molecule has 0 saturated carbocycles. The number of halogens is 1. The second-order valence-electron chi connectivity index (χ2n) is 5.32. The molecule has 6 heteroatoms. The maximum absolute atomic E-state index is 13.1. The zero-order valence-electron chi connectivity index (χ0n) is 12.1. The molecule has 1 aliphatic heterocycles. The summed E-state index contributed by atoms with van der Waals surface area (Å²) in [5.41, 5.74) is 1.49. The average Bonchev–Trinajstić information content (AvgIpc) is 2.56. The molecule has 0 bridgehead atoms. The third kappa shape index (κ3) is 3.46. The van der Waals surface area contributed by atoms with Gasteiger partial charge in [-0.25, -0.2) is 9.37 Å². The van der Waals surface area contributed by atoms with Crippen molar-refractivity contribution >= 4 is 11.6 Å². The molecule has 0 aliphatic carbocycles. The van der Waals surface area contributed by atoms with Gasteiger partial charge in [0.05, 0.1) is 11.9 Å². The van der Waals surface area contributed by atoms with Crippen molar-refractivity contribution in [2.75, 3.05) is 18.4 Å². The first-order chi connectivity index (χ1) is 10.7. The van der Waals surface area contributed by atoms with Crippen molar-refractivity contribution in [3.8, 4) is 0 Å². The zero-order valence-corrected chi connectivity index (χ0v) is 12.1. The van der Waals surface area contributed by atoms with Gasteiger partial charge in [0.1, 0.15) is 11.5 Å². The quantitative estimate of drug-likeness (QED) is 0.913. The second-order valence-corrected chi connectivity index (χ2v) is 5.32. The van der Waals surface area contributed by atoms with E-state index >= 15 is 0 Å². The summed E-state index contributed by atoms with van der Waals surface area (Å²) >= 11 is 0. The SMILES string of the molecule is O=C(Nc1cccc(F)c1)c1cncc(C2CCNCC2)n1. The van der Waals surface area contributed by atoms with E-state index < -0.39 is 5.82 Å². The van der Waals surface area contributed by atoms with E-state index in [-0.39, 0.29) is 11.6 Å². The van der Waals surface area contributed by atoms with Gasteiger partial charge in [-0.2, -0.15) is 0 Å². The maximum Gasteiger partial charge on any atom is 0.275 e. The summed E-state index contributed by atoms with van der Waals surface area (Å²) in [6.07, 6.45) is 5.13. The molecule has 2 N–H and O–H groups in total. The van der Waals surface area contributed by atoms with E-state index in [0.717, 1.165) is 31.6 Å². The van der Waals surface area contributed by atoms with Gasteiger partial charge < -0.3 is 10.6 Å². The highest BCUT2D eigenvalue weighted by atomic mass is 19.1. The van der Waals surface area contributed by atoms with E-state index in [1.807, 2.05) is 0 Å². The predicted molar refractivity (Wildman–Crippen MR) is 81.2 cm³/mol. The van der Waals surface area contributed by atoms with Gasteiger partial charge in [-0.05, 0) is 44.1 Å². The van der Waals surface area contributed by atoms with E-state index in [2.05, 4.69) is 20.6 Å². The number of carbonyl (C=O) groups is 1. The number of hydrogen-bond donors (Lipinski definition) is 2. The summed E-state index contributed by atoms with van der Waals surface area (Å²) < 4.78 is 13.1. The Kier molecular flexibility index (Phi) is 4.39. The lowest BCUT2D eigenvalue weighted by molar-refractivity contribution is 0.102. The Balaban J connectivity index is 1.75. The Morgan fingerprint density at radius 1 is 1.27 bits per heavy atom. The Bertz CT molecular complexity index is 671. The van der Waals surface area contributed by atoms with Crippen LogP contribution in [0.1, 0.15) is 34.9 Å². The molecule has 0 unspecified atom stereocenters. The van der Waals surface area contributed by atoms with Crippen molar-refractivity contribution < 1.29 is 9.18 Å². The molecule has 0 spiro atoms. The van der Waals surface area contributed by atoms with Crippen LogP contribution in [0.4, 0.5) is 10.1 Å². The van der Waals surface area contributed by atoms with Crippen LogP contribution < -0.4 is 10.6 Å². The fraction of sp³-hybridized carbons (Fsp3) is 0.312. The molecule has 3 rings (SSSR count). The van der Waals surface area contributed by atoms with Gasteiger partial charge in [-0.3, -0.25) is 9.78 Å². The highest BCUT2D eigenvalue weighted by Crippen LogP contribution is 2.23. The van der Waals surface area contributed by atoms with Crippen LogP contribution in [0.25, 0.3) is 0 Å². The van der Waals surface area contributed by atoms with E-state index in [1.54, 1.807) is 18.3 Å². The minimum atomic E-state index is -0.396. The fourth-order valence-corrected chi connectivity index (χ4v) is 2.57. The molecule has 2 aromatic rings. The number of nitrogens with zero attached hydrogens (tertiary/aromatic N) is 2. The van der Waals surface area contributed by atoms with Crippen LogP contribution in [0.3, 0.4) is 0 Å². The molecule has 0 atom stereocenters. The third-order valence-corrected chi connectivity index (χ3v) is 3.73. The Morgan fingerprint density at radius 3 is 2.86 bits per heavy atom. The van der Waals surface area contributed by atoms with Crippen molar-refractivity contribution in [3.05, 3.63) is 53.9 Å². The summed E-state index contributed by atoms with van der Waals surface area (Å²) in [7, 11) is 0. The molecule has 5 nitrogen and oxygen atoms in total. The number of anilines is 1. The lowest BCUT2D eigenvalue weighted by Crippen LogP contribution is -2.27. The van der Waals surface area contributed by atoms with Crippen molar-refractivity contribution in [1.82, 2.24) is 15.3 Å². The van der Waals surface area contributed by atoms with E-state index in [1.165, 1.54) is 18.3 Å². The number of rotatable bonds is 3. The number of nitrogens with one attached hydrogen (secondary N) is 2. The van der Waals surface area contributed by atoms with Gasteiger partial charge in [0.15, 0.2) is 0 Å². The number of carbonyl (C=O) groups excluding carboxylic acids is 1. The summed E-state index contributed by atoms with van der Waals surface area (Å²) in [6.45, 7) is 1.90. The minimum Gasteiger partial charge on any atom is -0.321 e. The molecular formula is C16H17FN4O. The molecule has 1 aliphatic rings. The van der Waals surface area contributed by atoms with E-state index in [4.69, 9.17) is 0 Å². The van der Waals surface area contributed by atoms with Crippen molar-refractivity contribution in [1.29, 1.82) is 0 Å². The number of amides is 1. The van der Waals surface area contributed by atoms with E-state index in [9.17, 15) is 9.18 Å². The Hall–Kier alpha value is -2.34. The molecule has 0 radical (unpaired) electrons. The van der Waals surface area contributed by atoms with Crippen LogP contribution >= 0.6 is 0 Å². The minimum absolute atomic E-state index is 0.250. The average molecular weight is 300 g/mol. The fourth-order valence-electron chi connectivity index (χ4n) is 2.57. The van der Waals surface area contributed by atoms with Gasteiger partial charge in [-0.15, -0.1) is 0 Å². The lowest BCUT2D eigenvalue weighted by atomic mass is 9.95. The lowest BCUT2D eigenvalue weighted by Gasteiger charge is -2.21. The second kappa shape index (κ2) is 6.62. The van der Waals surface area contributed by atoms with Crippen molar-refractivity contribution in [2.45, 2.75) is 18.8 Å². The van der Waals surface area contributed by atoms with Gasteiger partial charge in [0, 0.05) is 17.8 Å². The molecule has 1 aromatic heterocycles. The highest BCUT2D eigenvalue weighted by molar-refractivity contribution is 6.02. The monoisotopic (exact) mass is 300 g/mol. The third-order valence-electron chi connectivity index (χ3n) is 3.73. The first-order valence-electron chi connectivity index (χ1n) is 7.32. The van der Waals surface area contributed by atoms with Crippen molar-refractivity contribution in [3.63, 3.8) is 0 Å². The summed E-state index contributed by atoms with van der Waals surface area (Å²) in [5, 5.41) is 5.93. The molecule has 1 fully saturated rings. The topological polar surface area (TPSA) is 66.9 Å². The first kappa shape index (κ1) is 14.6. The number of benzene rings is 1. The van der Waals surface area contributed by atoms with Gasteiger partial charge in [0.25, 0.3) is 5.91 Å². The number of aromatic nitrogens is 2. The highest BCUT2D eigenvalue weighted by Gasteiger charge is 2.18. The molecule has 1 saturated heterocycles. The summed E-state index contributed by atoms with van der Waals surface area (Å²) in [4.78, 5) is 20.8. The van der Waals surface area contributed by atoms with Crippen LogP contribution in [0, 0.1) is 5.82 Å². The zero-order chi connectivity index (χ0) is 15.4. The maximum atomic E-state index is 13.1. The smallest absolute Gasteiger partial charge is 0.275 e. The van der Waals surface area contributed by atoms with Gasteiger partial charge in [-0.1, -0.05) is 6.07 Å². The standard InChI is InChI=1S/C16H17FN4O/c17-12-2-1-3-13(8-12)20-16(22)15-10-19-9-14(21-15)11-4-6-18-7-5-11/h1-3,8-11,18H,4-7H2,(H,20,22). The summed E-state index contributed by atoms with van der Waals surface area (Å²) in [6, 6.07) is 5.77. The summed E-state index contributed by atoms with van der Waals surface area (Å²) in [5.74, 6) is -0.447. The molecule has 114 valence electrons. The molecule has 22 heavy (non-hydrogen) atoms. The van der Waals surface area contributed by atoms with Crippen LogP contribution in [0.2, 0.25) is 0 Å². The van der Waals surface area contributed by atoms with Crippen molar-refractivity contribution in [2.24, 2.45) is 0 Å². The molecule has 2 heterocycles. The number of piperidine rings is 1. The Morgan fingerprint density at radius 2 is 2.09 bits per heavy atom. The van der Waals surface area contributed by atoms with Crippen LogP contribution in [0.15, 0.2) is 36.7 Å². The first-order valence-corrected chi connectivity index (χ1v) is 7.32. The van der Waals surface area contributed by atoms with Crippen LogP contribution in [0.5, 0.6) is 0 Å². The van der Waals surface area contributed by atoms with Gasteiger partial charge in [0.2, 0.25) is 0 Å². The van der Waals surface area contributed by atoms with Crippen LogP contribution in [-0.2, 0) is 0 Å². The van der Waals surface area contributed by atoms with Gasteiger partial charge >= 0.3 is 0 Å². The largest absolute Gasteiger partial charge is 0.321 e. The Labute approximate surface area is 128 Å².